The van der Waals surface area contributed by atoms with Crippen molar-refractivity contribution >= 4 is 27.3 Å². The summed E-state index contributed by atoms with van der Waals surface area (Å²) in [6.45, 7) is 0.0120. The van der Waals surface area contributed by atoms with Gasteiger partial charge in [-0.05, 0) is 28.1 Å². The lowest BCUT2D eigenvalue weighted by Crippen LogP contribution is -2.23. The predicted octanol–water partition coefficient (Wildman–Crippen LogP) is 0.796. The van der Waals surface area contributed by atoms with E-state index in [1.165, 1.54) is 0 Å². The van der Waals surface area contributed by atoms with Crippen LogP contribution in [0.25, 0.3) is 0 Å². The van der Waals surface area contributed by atoms with Crippen molar-refractivity contribution in [3.8, 4) is 0 Å². The Hall–Kier alpha value is -0.780. The second kappa shape index (κ2) is 5.19. The first kappa shape index (κ1) is 11.3. The van der Waals surface area contributed by atoms with E-state index in [9.17, 15) is 0 Å². The molecule has 0 saturated heterocycles. The van der Waals surface area contributed by atoms with E-state index in [1.807, 2.05) is 18.2 Å². The second-order valence-electron chi connectivity index (χ2n) is 2.92. The maximum Gasteiger partial charge on any atom is 0.0942 e. The maximum absolute atomic E-state index is 9.11. The molecule has 0 spiro atoms. The van der Waals surface area contributed by atoms with Crippen molar-refractivity contribution in [1.29, 1.82) is 0 Å². The number of nitrogens with two attached hydrogens (primary N) is 1. The standard InChI is InChI=1S/C9H13BrN2O2/c10-7-2-1-3-8(9(7)11)12-4-6(14)5-13/h1-3,6,12-14H,4-5,11H2. The van der Waals surface area contributed by atoms with Crippen LogP contribution in [0.3, 0.4) is 0 Å². The summed E-state index contributed by atoms with van der Waals surface area (Å²) in [7, 11) is 0. The number of halogens is 1. The Morgan fingerprint density at radius 1 is 1.50 bits per heavy atom. The minimum Gasteiger partial charge on any atom is -0.396 e. The lowest BCUT2D eigenvalue weighted by molar-refractivity contribution is 0.105. The molecule has 5 N–H and O–H groups in total. The Kier molecular flexibility index (Phi) is 4.19. The van der Waals surface area contributed by atoms with Gasteiger partial charge in [-0.15, -0.1) is 0 Å². The molecule has 14 heavy (non-hydrogen) atoms. The van der Waals surface area contributed by atoms with Gasteiger partial charge in [-0.1, -0.05) is 6.07 Å². The lowest BCUT2D eigenvalue weighted by atomic mass is 10.2. The largest absolute Gasteiger partial charge is 0.396 e. The highest BCUT2D eigenvalue weighted by Gasteiger charge is 2.04. The van der Waals surface area contributed by atoms with Crippen LogP contribution in [0.5, 0.6) is 0 Å². The molecule has 0 aliphatic rings. The first-order valence-electron chi connectivity index (χ1n) is 4.22. The number of hydrogen-bond acceptors (Lipinski definition) is 4. The number of aliphatic hydroxyl groups excluding tert-OH is 2. The van der Waals surface area contributed by atoms with E-state index in [4.69, 9.17) is 15.9 Å². The molecule has 0 saturated carbocycles. The molecule has 5 heteroatoms. The normalized spacial score (nSPS) is 12.5. The highest BCUT2D eigenvalue weighted by molar-refractivity contribution is 9.10. The Balaban J connectivity index is 2.63. The summed E-state index contributed by atoms with van der Waals surface area (Å²) in [6, 6.07) is 5.49. The van der Waals surface area contributed by atoms with E-state index in [1.54, 1.807) is 0 Å². The molecule has 1 unspecified atom stereocenters. The highest BCUT2D eigenvalue weighted by atomic mass is 79.9. The van der Waals surface area contributed by atoms with Crippen LogP contribution in [0.15, 0.2) is 22.7 Å². The zero-order valence-corrected chi connectivity index (χ0v) is 9.16. The second-order valence-corrected chi connectivity index (χ2v) is 3.77. The van der Waals surface area contributed by atoms with Gasteiger partial charge in [-0.2, -0.15) is 0 Å². The lowest BCUT2D eigenvalue weighted by Gasteiger charge is -2.12. The van der Waals surface area contributed by atoms with Gasteiger partial charge in [-0.25, -0.2) is 0 Å². The molecule has 0 amide bonds. The Morgan fingerprint density at radius 3 is 2.86 bits per heavy atom. The van der Waals surface area contributed by atoms with E-state index in [2.05, 4.69) is 21.2 Å². The summed E-state index contributed by atoms with van der Waals surface area (Å²) in [6.07, 6.45) is -0.770. The molecule has 1 aromatic rings. The Morgan fingerprint density at radius 2 is 2.21 bits per heavy atom. The number of nitrogen functional groups attached to an aromatic ring is 1. The van der Waals surface area contributed by atoms with Gasteiger partial charge in [0, 0.05) is 11.0 Å². The van der Waals surface area contributed by atoms with Crippen LogP contribution < -0.4 is 11.1 Å². The zero-order valence-electron chi connectivity index (χ0n) is 7.57. The predicted molar refractivity (Wildman–Crippen MR) is 60.1 cm³/mol. The number of aliphatic hydroxyl groups is 2. The Labute approximate surface area is 90.9 Å². The average Bonchev–Trinajstić information content (AvgIpc) is 2.20. The van der Waals surface area contributed by atoms with Gasteiger partial charge in [0.15, 0.2) is 0 Å². The monoisotopic (exact) mass is 260 g/mol. The number of para-hydroxylation sites is 1. The van der Waals surface area contributed by atoms with Crippen molar-refractivity contribution in [2.75, 3.05) is 24.2 Å². The molecule has 0 aliphatic heterocycles. The highest BCUT2D eigenvalue weighted by Crippen LogP contribution is 2.26. The van der Waals surface area contributed by atoms with E-state index < -0.39 is 6.10 Å². The SMILES string of the molecule is Nc1c(Br)cccc1NCC(O)CO. The molecule has 0 radical (unpaired) electrons. The number of anilines is 2. The van der Waals surface area contributed by atoms with Crippen molar-refractivity contribution in [3.05, 3.63) is 22.7 Å². The number of rotatable bonds is 4. The molecule has 4 nitrogen and oxygen atoms in total. The van der Waals surface area contributed by atoms with Gasteiger partial charge in [0.25, 0.3) is 0 Å². The maximum atomic E-state index is 9.11. The van der Waals surface area contributed by atoms with Crippen molar-refractivity contribution in [3.63, 3.8) is 0 Å². The third-order valence-corrected chi connectivity index (χ3v) is 2.48. The van der Waals surface area contributed by atoms with Crippen LogP contribution in [0.2, 0.25) is 0 Å². The van der Waals surface area contributed by atoms with Crippen LogP contribution in [0.1, 0.15) is 0 Å². The van der Waals surface area contributed by atoms with Crippen LogP contribution in [0.4, 0.5) is 11.4 Å². The fourth-order valence-electron chi connectivity index (χ4n) is 0.983. The van der Waals surface area contributed by atoms with Crippen molar-refractivity contribution in [2.24, 2.45) is 0 Å². The van der Waals surface area contributed by atoms with Gasteiger partial charge >= 0.3 is 0 Å². The summed E-state index contributed by atoms with van der Waals surface area (Å²) >= 11 is 3.29. The van der Waals surface area contributed by atoms with Gasteiger partial charge < -0.3 is 21.3 Å². The first-order valence-corrected chi connectivity index (χ1v) is 5.01. The van der Waals surface area contributed by atoms with Gasteiger partial charge in [0.05, 0.1) is 24.1 Å². The third-order valence-electron chi connectivity index (χ3n) is 1.79. The van der Waals surface area contributed by atoms with Crippen molar-refractivity contribution in [2.45, 2.75) is 6.10 Å². The third kappa shape index (κ3) is 2.87. The molecule has 1 atom stereocenters. The van der Waals surface area contributed by atoms with Crippen molar-refractivity contribution in [1.82, 2.24) is 0 Å². The van der Waals surface area contributed by atoms with Gasteiger partial charge in [0.2, 0.25) is 0 Å². The van der Waals surface area contributed by atoms with E-state index in [0.29, 0.717) is 5.69 Å². The fraction of sp³-hybridized carbons (Fsp3) is 0.333. The molecule has 78 valence electrons. The molecule has 0 heterocycles. The van der Waals surface area contributed by atoms with Crippen LogP contribution in [-0.2, 0) is 0 Å². The topological polar surface area (TPSA) is 78.5 Å². The van der Waals surface area contributed by atoms with Gasteiger partial charge in [-0.3, -0.25) is 0 Å². The van der Waals surface area contributed by atoms with Crippen molar-refractivity contribution < 1.29 is 10.2 Å². The minimum absolute atomic E-state index is 0.263. The molecular formula is C9H13BrN2O2. The number of hydrogen-bond donors (Lipinski definition) is 4. The molecule has 0 aromatic heterocycles. The van der Waals surface area contributed by atoms with Crippen LogP contribution >= 0.6 is 15.9 Å². The van der Waals surface area contributed by atoms with Crippen LogP contribution in [-0.4, -0.2) is 29.5 Å². The smallest absolute Gasteiger partial charge is 0.0942 e. The molecule has 1 aromatic carbocycles. The summed E-state index contributed by atoms with van der Waals surface area (Å²) < 4.78 is 0.806. The first-order chi connectivity index (χ1) is 6.65. The van der Waals surface area contributed by atoms with E-state index in [0.717, 1.165) is 10.2 Å². The van der Waals surface area contributed by atoms with E-state index in [-0.39, 0.29) is 13.2 Å². The molecule has 0 fully saturated rings. The molecule has 1 rings (SSSR count). The minimum atomic E-state index is -0.770. The summed E-state index contributed by atoms with van der Waals surface area (Å²) in [4.78, 5) is 0. The summed E-state index contributed by atoms with van der Waals surface area (Å²) in [5.74, 6) is 0. The van der Waals surface area contributed by atoms with E-state index >= 15 is 0 Å². The quantitative estimate of drug-likeness (QED) is 0.604. The Bertz CT molecular complexity index is 307. The average molecular weight is 261 g/mol. The molecule has 0 aliphatic carbocycles. The number of nitrogens with one attached hydrogen (secondary N) is 1. The summed E-state index contributed by atoms with van der Waals surface area (Å²) in [5.41, 5.74) is 7.09. The molecular weight excluding hydrogens is 248 g/mol. The molecule has 0 bridgehead atoms. The number of benzene rings is 1. The summed E-state index contributed by atoms with van der Waals surface area (Å²) in [5, 5.41) is 20.7. The van der Waals surface area contributed by atoms with Crippen LogP contribution in [0, 0.1) is 0 Å². The fourth-order valence-corrected chi connectivity index (χ4v) is 1.35. The van der Waals surface area contributed by atoms with Gasteiger partial charge in [0.1, 0.15) is 0 Å². The zero-order chi connectivity index (χ0) is 10.6.